The topological polar surface area (TPSA) is 35.6 Å². The number of hydrogen-bond acceptors (Lipinski definition) is 2. The lowest BCUT2D eigenvalue weighted by atomic mass is 10.0. The van der Waals surface area contributed by atoms with Crippen LogP contribution in [0.5, 0.6) is 0 Å². The Bertz CT molecular complexity index is 768. The van der Waals surface area contributed by atoms with Crippen LogP contribution in [0.25, 0.3) is 0 Å². The molecule has 0 aliphatic rings. The van der Waals surface area contributed by atoms with Gasteiger partial charge in [0.1, 0.15) is 0 Å². The number of imidazole rings is 1. The van der Waals surface area contributed by atoms with Crippen molar-refractivity contribution in [3.63, 3.8) is 0 Å². The highest BCUT2D eigenvalue weighted by Gasteiger charge is 2.15. The Kier molecular flexibility index (Phi) is 4.60. The number of aryl methyl sites for hydroxylation is 2. The molecule has 0 aliphatic heterocycles. The van der Waals surface area contributed by atoms with Gasteiger partial charge in [-0.2, -0.15) is 5.10 Å². The van der Waals surface area contributed by atoms with Crippen molar-refractivity contribution in [2.45, 2.75) is 39.7 Å². The zero-order chi connectivity index (χ0) is 16.2. The highest BCUT2D eigenvalue weighted by molar-refractivity contribution is 5.30. The number of aromatic nitrogens is 4. The van der Waals surface area contributed by atoms with E-state index in [1.54, 1.807) is 0 Å². The first-order valence-electron chi connectivity index (χ1n) is 8.29. The predicted octanol–water partition coefficient (Wildman–Crippen LogP) is 3.38. The van der Waals surface area contributed by atoms with Crippen molar-refractivity contribution < 1.29 is 0 Å². The first kappa shape index (κ1) is 15.5. The highest BCUT2D eigenvalue weighted by Crippen LogP contribution is 2.19. The summed E-state index contributed by atoms with van der Waals surface area (Å²) in [6.45, 7) is 5.22. The van der Waals surface area contributed by atoms with E-state index in [2.05, 4.69) is 59.0 Å². The Morgan fingerprint density at radius 1 is 1.04 bits per heavy atom. The van der Waals surface area contributed by atoms with Crippen molar-refractivity contribution in [3.05, 3.63) is 71.1 Å². The third kappa shape index (κ3) is 3.36. The second-order valence-electron chi connectivity index (χ2n) is 5.90. The van der Waals surface area contributed by atoms with E-state index in [1.807, 2.05) is 24.1 Å². The Hall–Kier alpha value is -2.36. The van der Waals surface area contributed by atoms with Gasteiger partial charge in [-0.15, -0.1) is 0 Å². The maximum Gasteiger partial charge on any atom is 0.0952 e. The average molecular weight is 308 g/mol. The van der Waals surface area contributed by atoms with E-state index in [9.17, 15) is 0 Å². The third-order valence-electron chi connectivity index (χ3n) is 4.28. The molecular weight excluding hydrogens is 284 g/mol. The second-order valence-corrected chi connectivity index (χ2v) is 5.90. The summed E-state index contributed by atoms with van der Waals surface area (Å²) in [5.41, 5.74) is 6.27. The predicted molar refractivity (Wildman–Crippen MR) is 92.5 cm³/mol. The van der Waals surface area contributed by atoms with Gasteiger partial charge in [0, 0.05) is 37.5 Å². The van der Waals surface area contributed by atoms with Crippen molar-refractivity contribution in [2.24, 2.45) is 7.05 Å². The van der Waals surface area contributed by atoms with E-state index in [0.717, 1.165) is 31.5 Å². The summed E-state index contributed by atoms with van der Waals surface area (Å²) in [6.07, 6.45) is 6.91. The van der Waals surface area contributed by atoms with E-state index >= 15 is 0 Å². The average Bonchev–Trinajstić information content (AvgIpc) is 3.12. The quantitative estimate of drug-likeness (QED) is 0.700. The van der Waals surface area contributed by atoms with Gasteiger partial charge in [0.25, 0.3) is 0 Å². The van der Waals surface area contributed by atoms with Crippen molar-refractivity contribution in [1.82, 2.24) is 19.3 Å². The van der Waals surface area contributed by atoms with E-state index in [4.69, 9.17) is 0 Å². The smallest absolute Gasteiger partial charge is 0.0952 e. The Balaban J connectivity index is 1.79. The summed E-state index contributed by atoms with van der Waals surface area (Å²) < 4.78 is 4.17. The summed E-state index contributed by atoms with van der Waals surface area (Å²) in [5.74, 6) is 0. The molecule has 0 unspecified atom stereocenters. The van der Waals surface area contributed by atoms with Gasteiger partial charge in [-0.1, -0.05) is 44.2 Å². The molecule has 3 aromatic rings. The summed E-state index contributed by atoms with van der Waals surface area (Å²) >= 11 is 0. The molecule has 1 aromatic carbocycles. The molecule has 2 heterocycles. The Morgan fingerprint density at radius 2 is 1.83 bits per heavy atom. The van der Waals surface area contributed by atoms with E-state index in [0.29, 0.717) is 0 Å². The molecule has 0 spiro atoms. The minimum Gasteiger partial charge on any atom is -0.333 e. The summed E-state index contributed by atoms with van der Waals surface area (Å²) in [6, 6.07) is 10.5. The fraction of sp³-hybridized carbons (Fsp3) is 0.368. The largest absolute Gasteiger partial charge is 0.333 e. The van der Waals surface area contributed by atoms with Crippen LogP contribution in [-0.2, 0) is 32.9 Å². The van der Waals surface area contributed by atoms with E-state index in [-0.39, 0.29) is 0 Å². The summed E-state index contributed by atoms with van der Waals surface area (Å²) in [7, 11) is 2.04. The fourth-order valence-corrected chi connectivity index (χ4v) is 3.15. The van der Waals surface area contributed by atoms with Gasteiger partial charge >= 0.3 is 0 Å². The molecule has 0 saturated heterocycles. The van der Waals surface area contributed by atoms with Crippen molar-refractivity contribution in [3.8, 4) is 0 Å². The standard InChI is InChI=1S/C19H24N4/c1-4-18-17(19(5-2)22(3)21-18)11-16-13-23(14-20-16)12-15-9-7-6-8-10-15/h6-10,13-14H,4-5,11-12H2,1-3H3. The lowest BCUT2D eigenvalue weighted by Crippen LogP contribution is -2.00. The molecule has 120 valence electrons. The van der Waals surface area contributed by atoms with Crippen molar-refractivity contribution >= 4 is 0 Å². The summed E-state index contributed by atoms with van der Waals surface area (Å²) in [5, 5.41) is 4.65. The van der Waals surface area contributed by atoms with Crippen molar-refractivity contribution in [2.75, 3.05) is 0 Å². The van der Waals surface area contributed by atoms with E-state index < -0.39 is 0 Å². The monoisotopic (exact) mass is 308 g/mol. The normalized spacial score (nSPS) is 11.1. The molecule has 0 radical (unpaired) electrons. The minimum atomic E-state index is 0.863. The van der Waals surface area contributed by atoms with Crippen LogP contribution >= 0.6 is 0 Å². The molecule has 2 aromatic heterocycles. The molecule has 0 bridgehead atoms. The Morgan fingerprint density at radius 3 is 2.52 bits per heavy atom. The number of rotatable bonds is 6. The van der Waals surface area contributed by atoms with Crippen molar-refractivity contribution in [1.29, 1.82) is 0 Å². The third-order valence-corrected chi connectivity index (χ3v) is 4.28. The molecule has 3 rings (SSSR count). The molecular formula is C19H24N4. The van der Waals surface area contributed by atoms with Crippen LogP contribution < -0.4 is 0 Å². The van der Waals surface area contributed by atoms with Gasteiger partial charge < -0.3 is 4.57 Å². The first-order chi connectivity index (χ1) is 11.2. The van der Waals surface area contributed by atoms with Gasteiger partial charge in [0.2, 0.25) is 0 Å². The lowest BCUT2D eigenvalue weighted by molar-refractivity contribution is 0.703. The second kappa shape index (κ2) is 6.82. The molecule has 0 N–H and O–H groups in total. The number of hydrogen-bond donors (Lipinski definition) is 0. The minimum absolute atomic E-state index is 0.863. The van der Waals surface area contributed by atoms with Crippen LogP contribution in [0.2, 0.25) is 0 Å². The highest BCUT2D eigenvalue weighted by atomic mass is 15.3. The molecule has 4 heteroatoms. The van der Waals surface area contributed by atoms with Crippen LogP contribution in [0.1, 0.15) is 42.1 Å². The lowest BCUT2D eigenvalue weighted by Gasteiger charge is -2.03. The zero-order valence-electron chi connectivity index (χ0n) is 14.2. The van der Waals surface area contributed by atoms with Gasteiger partial charge in [-0.3, -0.25) is 4.68 Å². The molecule has 4 nitrogen and oxygen atoms in total. The van der Waals surface area contributed by atoms with Crippen LogP contribution in [0.15, 0.2) is 42.9 Å². The number of nitrogens with zero attached hydrogens (tertiary/aromatic N) is 4. The maximum absolute atomic E-state index is 4.65. The van der Waals surface area contributed by atoms with Gasteiger partial charge in [-0.05, 0) is 18.4 Å². The zero-order valence-corrected chi connectivity index (χ0v) is 14.2. The molecule has 0 saturated carbocycles. The SMILES string of the molecule is CCc1nn(C)c(CC)c1Cc1cn(Cc2ccccc2)cn1. The molecule has 23 heavy (non-hydrogen) atoms. The van der Waals surface area contributed by atoms with Crippen LogP contribution in [0.3, 0.4) is 0 Å². The van der Waals surface area contributed by atoms with Crippen LogP contribution in [-0.4, -0.2) is 19.3 Å². The molecule has 0 aliphatic carbocycles. The van der Waals surface area contributed by atoms with Crippen LogP contribution in [0.4, 0.5) is 0 Å². The molecule has 0 fully saturated rings. The van der Waals surface area contributed by atoms with Gasteiger partial charge in [0.05, 0.1) is 17.7 Å². The summed E-state index contributed by atoms with van der Waals surface area (Å²) in [4.78, 5) is 4.59. The fourth-order valence-electron chi connectivity index (χ4n) is 3.15. The first-order valence-corrected chi connectivity index (χ1v) is 8.29. The number of benzene rings is 1. The van der Waals surface area contributed by atoms with E-state index in [1.165, 1.54) is 22.5 Å². The molecule has 0 atom stereocenters. The molecule has 0 amide bonds. The Labute approximate surface area is 137 Å². The van der Waals surface area contributed by atoms with Crippen LogP contribution in [0, 0.1) is 0 Å². The van der Waals surface area contributed by atoms with Gasteiger partial charge in [0.15, 0.2) is 0 Å². The van der Waals surface area contributed by atoms with Gasteiger partial charge in [-0.25, -0.2) is 4.98 Å². The maximum atomic E-state index is 4.65.